The minimum absolute atomic E-state index is 0.177. The van der Waals surface area contributed by atoms with Gasteiger partial charge in [0.05, 0.1) is 6.10 Å². The van der Waals surface area contributed by atoms with Crippen molar-refractivity contribution < 1.29 is 13.9 Å². The molecule has 1 aromatic carbocycles. The van der Waals surface area contributed by atoms with Gasteiger partial charge in [-0.15, -0.1) is 0 Å². The van der Waals surface area contributed by atoms with Crippen molar-refractivity contribution in [2.75, 3.05) is 12.8 Å². The predicted octanol–water partition coefficient (Wildman–Crippen LogP) is 1.92. The standard InChI is InChI=1S/C14H16N2O3/c1-18-11-6-10(7-11)16-14(17)13-5-8-4-9(15)2-3-12(8)19-13/h2-5,10-11H,6-7,15H2,1H3,(H,16,17). The largest absolute Gasteiger partial charge is 0.451 e. The highest BCUT2D eigenvalue weighted by Crippen LogP contribution is 2.25. The summed E-state index contributed by atoms with van der Waals surface area (Å²) in [6.45, 7) is 0. The average molecular weight is 260 g/mol. The van der Waals surface area contributed by atoms with Crippen molar-refractivity contribution in [1.29, 1.82) is 0 Å². The third-order valence-electron chi connectivity index (χ3n) is 3.53. The van der Waals surface area contributed by atoms with E-state index in [4.69, 9.17) is 14.9 Å². The SMILES string of the molecule is COC1CC(NC(=O)c2cc3cc(N)ccc3o2)C1. The molecule has 1 saturated carbocycles. The molecule has 0 saturated heterocycles. The summed E-state index contributed by atoms with van der Waals surface area (Å²) >= 11 is 0. The Balaban J connectivity index is 1.71. The lowest BCUT2D eigenvalue weighted by atomic mass is 9.89. The van der Waals surface area contributed by atoms with Crippen molar-refractivity contribution in [2.45, 2.75) is 25.0 Å². The van der Waals surface area contributed by atoms with E-state index in [2.05, 4.69) is 5.32 Å². The maximum Gasteiger partial charge on any atom is 0.287 e. The van der Waals surface area contributed by atoms with Gasteiger partial charge in [-0.05, 0) is 37.1 Å². The molecule has 3 N–H and O–H groups in total. The second kappa shape index (κ2) is 4.59. The predicted molar refractivity (Wildman–Crippen MR) is 71.9 cm³/mol. The highest BCUT2D eigenvalue weighted by Gasteiger charge is 2.30. The number of carbonyl (C=O) groups is 1. The van der Waals surface area contributed by atoms with Crippen LogP contribution in [-0.4, -0.2) is 25.2 Å². The number of furan rings is 1. The first-order valence-corrected chi connectivity index (χ1v) is 6.28. The van der Waals surface area contributed by atoms with Gasteiger partial charge < -0.3 is 20.2 Å². The molecule has 1 amide bonds. The first kappa shape index (κ1) is 12.0. The van der Waals surface area contributed by atoms with Gasteiger partial charge in [-0.25, -0.2) is 0 Å². The maximum absolute atomic E-state index is 12.0. The van der Waals surface area contributed by atoms with E-state index in [9.17, 15) is 4.79 Å². The average Bonchev–Trinajstić information content (AvgIpc) is 2.75. The molecule has 0 atom stereocenters. The number of benzene rings is 1. The van der Waals surface area contributed by atoms with E-state index in [0.29, 0.717) is 17.0 Å². The van der Waals surface area contributed by atoms with Gasteiger partial charge in [-0.3, -0.25) is 4.79 Å². The van der Waals surface area contributed by atoms with E-state index in [0.717, 1.165) is 18.2 Å². The van der Waals surface area contributed by atoms with Crippen LogP contribution in [0.15, 0.2) is 28.7 Å². The van der Waals surface area contributed by atoms with Crippen molar-refractivity contribution in [3.05, 3.63) is 30.0 Å². The third kappa shape index (κ3) is 2.29. The van der Waals surface area contributed by atoms with Crippen LogP contribution in [-0.2, 0) is 4.74 Å². The number of nitrogens with one attached hydrogen (secondary N) is 1. The van der Waals surface area contributed by atoms with Crippen LogP contribution in [0, 0.1) is 0 Å². The number of carbonyl (C=O) groups excluding carboxylic acids is 1. The molecule has 0 aliphatic heterocycles. The summed E-state index contributed by atoms with van der Waals surface area (Å²) in [5.74, 6) is 0.135. The molecular weight excluding hydrogens is 244 g/mol. The van der Waals surface area contributed by atoms with Crippen molar-refractivity contribution in [3.63, 3.8) is 0 Å². The van der Waals surface area contributed by atoms with Gasteiger partial charge >= 0.3 is 0 Å². The van der Waals surface area contributed by atoms with E-state index < -0.39 is 0 Å². The van der Waals surface area contributed by atoms with Gasteiger partial charge in [0, 0.05) is 24.2 Å². The number of hydrogen-bond acceptors (Lipinski definition) is 4. The lowest BCUT2D eigenvalue weighted by Crippen LogP contribution is -2.47. The van der Waals surface area contributed by atoms with E-state index in [1.807, 2.05) is 0 Å². The number of nitrogen functional groups attached to an aromatic ring is 1. The molecule has 0 radical (unpaired) electrons. The van der Waals surface area contributed by atoms with Crippen LogP contribution in [0.25, 0.3) is 11.0 Å². The fourth-order valence-corrected chi connectivity index (χ4v) is 2.31. The molecule has 2 aromatic rings. The highest BCUT2D eigenvalue weighted by atomic mass is 16.5. The highest BCUT2D eigenvalue weighted by molar-refractivity contribution is 5.96. The molecule has 1 aromatic heterocycles. The Morgan fingerprint density at radius 3 is 2.95 bits per heavy atom. The van der Waals surface area contributed by atoms with Gasteiger partial charge in [0.15, 0.2) is 5.76 Å². The van der Waals surface area contributed by atoms with Crippen molar-refractivity contribution >= 4 is 22.6 Å². The van der Waals surface area contributed by atoms with Gasteiger partial charge in [-0.1, -0.05) is 0 Å². The van der Waals surface area contributed by atoms with E-state index in [-0.39, 0.29) is 18.1 Å². The number of ether oxygens (including phenoxy) is 1. The van der Waals surface area contributed by atoms with Crippen LogP contribution >= 0.6 is 0 Å². The molecule has 0 unspecified atom stereocenters. The Hall–Kier alpha value is -2.01. The molecule has 19 heavy (non-hydrogen) atoms. The fourth-order valence-electron chi connectivity index (χ4n) is 2.31. The zero-order valence-corrected chi connectivity index (χ0v) is 10.7. The molecule has 100 valence electrons. The first-order chi connectivity index (χ1) is 9.15. The summed E-state index contributed by atoms with van der Waals surface area (Å²) < 4.78 is 10.7. The Labute approximate surface area is 110 Å². The quantitative estimate of drug-likeness (QED) is 0.826. The van der Waals surface area contributed by atoms with Gasteiger partial charge in [0.1, 0.15) is 5.58 Å². The number of amides is 1. The lowest BCUT2D eigenvalue weighted by Gasteiger charge is -2.34. The molecular formula is C14H16N2O3. The monoisotopic (exact) mass is 260 g/mol. The molecule has 1 aliphatic carbocycles. The number of methoxy groups -OCH3 is 1. The zero-order valence-electron chi connectivity index (χ0n) is 10.7. The van der Waals surface area contributed by atoms with Gasteiger partial charge in [-0.2, -0.15) is 0 Å². The smallest absolute Gasteiger partial charge is 0.287 e. The second-order valence-corrected chi connectivity index (χ2v) is 4.91. The summed E-state index contributed by atoms with van der Waals surface area (Å²) in [7, 11) is 1.69. The number of rotatable bonds is 3. The van der Waals surface area contributed by atoms with Crippen LogP contribution in [0.5, 0.6) is 0 Å². The van der Waals surface area contributed by atoms with E-state index in [1.165, 1.54) is 0 Å². The van der Waals surface area contributed by atoms with Crippen LogP contribution in [0.3, 0.4) is 0 Å². The van der Waals surface area contributed by atoms with Crippen LogP contribution in [0.2, 0.25) is 0 Å². The summed E-state index contributed by atoms with van der Waals surface area (Å²) in [6, 6.07) is 7.21. The number of nitrogens with two attached hydrogens (primary N) is 1. The second-order valence-electron chi connectivity index (χ2n) is 4.91. The molecule has 1 fully saturated rings. The molecule has 0 bridgehead atoms. The molecule has 5 heteroatoms. The topological polar surface area (TPSA) is 77.5 Å². The Morgan fingerprint density at radius 1 is 1.42 bits per heavy atom. The minimum Gasteiger partial charge on any atom is -0.451 e. The van der Waals surface area contributed by atoms with Gasteiger partial charge in [0.2, 0.25) is 0 Å². The zero-order chi connectivity index (χ0) is 13.4. The van der Waals surface area contributed by atoms with Gasteiger partial charge in [0.25, 0.3) is 5.91 Å². The maximum atomic E-state index is 12.0. The summed E-state index contributed by atoms with van der Waals surface area (Å²) in [4.78, 5) is 12.0. The summed E-state index contributed by atoms with van der Waals surface area (Å²) in [6.07, 6.45) is 1.98. The van der Waals surface area contributed by atoms with Crippen LogP contribution in [0.4, 0.5) is 5.69 Å². The Bertz CT molecular complexity index is 614. The number of fused-ring (bicyclic) bond motifs is 1. The summed E-state index contributed by atoms with van der Waals surface area (Å²) in [5, 5.41) is 3.77. The Kier molecular flexibility index (Phi) is 2.91. The normalized spacial score (nSPS) is 22.2. The number of hydrogen-bond donors (Lipinski definition) is 2. The van der Waals surface area contributed by atoms with Crippen LogP contribution < -0.4 is 11.1 Å². The third-order valence-corrected chi connectivity index (χ3v) is 3.53. The molecule has 3 rings (SSSR count). The van der Waals surface area contributed by atoms with E-state index in [1.54, 1.807) is 31.4 Å². The fraction of sp³-hybridized carbons (Fsp3) is 0.357. The molecule has 5 nitrogen and oxygen atoms in total. The van der Waals surface area contributed by atoms with Crippen LogP contribution in [0.1, 0.15) is 23.4 Å². The number of anilines is 1. The first-order valence-electron chi connectivity index (χ1n) is 6.28. The minimum atomic E-state index is -0.186. The molecule has 0 spiro atoms. The van der Waals surface area contributed by atoms with Crippen molar-refractivity contribution in [1.82, 2.24) is 5.32 Å². The Morgan fingerprint density at radius 2 is 2.21 bits per heavy atom. The molecule has 1 aliphatic rings. The molecule has 1 heterocycles. The summed E-state index contributed by atoms with van der Waals surface area (Å²) in [5.41, 5.74) is 7.02. The van der Waals surface area contributed by atoms with Crippen molar-refractivity contribution in [3.8, 4) is 0 Å². The van der Waals surface area contributed by atoms with Crippen molar-refractivity contribution in [2.24, 2.45) is 0 Å². The van der Waals surface area contributed by atoms with E-state index >= 15 is 0 Å². The lowest BCUT2D eigenvalue weighted by molar-refractivity contribution is 0.0172.